The normalized spacial score (nSPS) is 30.2. The Morgan fingerprint density at radius 1 is 1.00 bits per heavy atom. The molecule has 2 unspecified atom stereocenters. The number of fused-ring (bicyclic) bond motifs is 2. The molecule has 2 bridgehead atoms. The highest BCUT2D eigenvalue weighted by atomic mass is 16.5. The largest absolute Gasteiger partial charge is 0.493 e. The first-order chi connectivity index (χ1) is 12.8. The van der Waals surface area contributed by atoms with Crippen LogP contribution >= 0.6 is 0 Å². The molecule has 1 saturated carbocycles. The summed E-state index contributed by atoms with van der Waals surface area (Å²) in [5.74, 6) is 3.24. The summed E-state index contributed by atoms with van der Waals surface area (Å²) >= 11 is 0. The standard InChI is InChI=1S/C21H32N2O3/c1-24-19-7-6-16(12-20(19)25-2)13-22-14-17-4-3-5-18(15-22)21(17)23-8-10-26-11-9-23/h6-7,12,17-18,21H,3-5,8-11,13-15H2,1-2H3. The number of piperidine rings is 1. The van der Waals surface area contributed by atoms with Crippen LogP contribution in [0.3, 0.4) is 0 Å². The number of hydrogen-bond acceptors (Lipinski definition) is 5. The molecule has 2 saturated heterocycles. The molecule has 5 heteroatoms. The molecule has 2 aliphatic heterocycles. The Morgan fingerprint density at radius 2 is 1.69 bits per heavy atom. The molecule has 4 rings (SSSR count). The molecule has 0 aromatic heterocycles. The zero-order valence-corrected chi connectivity index (χ0v) is 16.2. The first kappa shape index (κ1) is 18.1. The summed E-state index contributed by atoms with van der Waals surface area (Å²) in [6, 6.07) is 7.10. The second-order valence-corrected chi connectivity index (χ2v) is 7.97. The van der Waals surface area contributed by atoms with Gasteiger partial charge in [-0.2, -0.15) is 0 Å². The van der Waals surface area contributed by atoms with Crippen LogP contribution in [0.4, 0.5) is 0 Å². The molecular formula is C21H32N2O3. The monoisotopic (exact) mass is 360 g/mol. The summed E-state index contributed by atoms with van der Waals surface area (Å²) in [6.45, 7) is 7.49. The lowest BCUT2D eigenvalue weighted by molar-refractivity contribution is -0.0623. The number of nitrogens with zero attached hydrogens (tertiary/aromatic N) is 2. The zero-order chi connectivity index (χ0) is 17.9. The molecule has 2 atom stereocenters. The predicted octanol–water partition coefficient (Wildman–Crippen LogP) is 2.64. The first-order valence-corrected chi connectivity index (χ1v) is 10.0. The Kier molecular flexibility index (Phi) is 5.67. The van der Waals surface area contributed by atoms with Gasteiger partial charge < -0.3 is 14.2 Å². The van der Waals surface area contributed by atoms with Crippen LogP contribution in [-0.2, 0) is 11.3 Å². The summed E-state index contributed by atoms with van der Waals surface area (Å²) in [7, 11) is 3.40. The van der Waals surface area contributed by atoms with Crippen molar-refractivity contribution in [3.63, 3.8) is 0 Å². The molecule has 0 radical (unpaired) electrons. The molecular weight excluding hydrogens is 328 g/mol. The molecule has 3 aliphatic rings. The average molecular weight is 360 g/mol. The molecule has 1 aromatic rings. The van der Waals surface area contributed by atoms with Crippen LogP contribution in [0.1, 0.15) is 24.8 Å². The Balaban J connectivity index is 1.44. The first-order valence-electron chi connectivity index (χ1n) is 10.0. The topological polar surface area (TPSA) is 34.2 Å². The SMILES string of the molecule is COc1ccc(CN2CC3CCCC(C2)C3N2CCOCC2)cc1OC. The minimum absolute atomic E-state index is 0.773. The number of ether oxygens (including phenoxy) is 3. The highest BCUT2D eigenvalue weighted by Crippen LogP contribution is 2.39. The number of likely N-dealkylation sites (tertiary alicyclic amines) is 1. The van der Waals surface area contributed by atoms with Crippen molar-refractivity contribution in [3.05, 3.63) is 23.8 Å². The van der Waals surface area contributed by atoms with E-state index in [1.807, 2.05) is 6.07 Å². The van der Waals surface area contributed by atoms with Gasteiger partial charge in [0.05, 0.1) is 27.4 Å². The van der Waals surface area contributed by atoms with E-state index >= 15 is 0 Å². The van der Waals surface area contributed by atoms with Crippen LogP contribution in [0.5, 0.6) is 11.5 Å². The summed E-state index contributed by atoms with van der Waals surface area (Å²) in [6.07, 6.45) is 4.16. The van der Waals surface area contributed by atoms with Crippen LogP contribution in [0.15, 0.2) is 18.2 Å². The highest BCUT2D eigenvalue weighted by Gasteiger charge is 2.42. The fourth-order valence-corrected chi connectivity index (χ4v) is 5.34. The molecule has 5 nitrogen and oxygen atoms in total. The second-order valence-electron chi connectivity index (χ2n) is 7.97. The van der Waals surface area contributed by atoms with E-state index in [0.29, 0.717) is 0 Å². The van der Waals surface area contributed by atoms with Gasteiger partial charge in [0.25, 0.3) is 0 Å². The third-order valence-corrected chi connectivity index (χ3v) is 6.42. The van der Waals surface area contributed by atoms with Crippen molar-refractivity contribution in [1.82, 2.24) is 9.80 Å². The van der Waals surface area contributed by atoms with Gasteiger partial charge in [0.2, 0.25) is 0 Å². The van der Waals surface area contributed by atoms with Crippen molar-refractivity contribution < 1.29 is 14.2 Å². The lowest BCUT2D eigenvalue weighted by Gasteiger charge is -2.52. The predicted molar refractivity (Wildman–Crippen MR) is 102 cm³/mol. The van der Waals surface area contributed by atoms with Gasteiger partial charge in [0, 0.05) is 38.8 Å². The van der Waals surface area contributed by atoms with Crippen LogP contribution in [-0.4, -0.2) is 69.5 Å². The summed E-state index contributed by atoms with van der Waals surface area (Å²) < 4.78 is 16.4. The zero-order valence-electron chi connectivity index (χ0n) is 16.2. The van der Waals surface area contributed by atoms with Crippen molar-refractivity contribution >= 4 is 0 Å². The van der Waals surface area contributed by atoms with Gasteiger partial charge in [-0.1, -0.05) is 12.5 Å². The highest BCUT2D eigenvalue weighted by molar-refractivity contribution is 5.42. The van der Waals surface area contributed by atoms with E-state index in [4.69, 9.17) is 14.2 Å². The van der Waals surface area contributed by atoms with Gasteiger partial charge in [0.1, 0.15) is 0 Å². The van der Waals surface area contributed by atoms with E-state index < -0.39 is 0 Å². The number of hydrogen-bond donors (Lipinski definition) is 0. The quantitative estimate of drug-likeness (QED) is 0.806. The summed E-state index contributed by atoms with van der Waals surface area (Å²) in [5, 5.41) is 0. The molecule has 0 amide bonds. The third-order valence-electron chi connectivity index (χ3n) is 6.42. The maximum Gasteiger partial charge on any atom is 0.161 e. The molecule has 0 N–H and O–H groups in total. The van der Waals surface area contributed by atoms with Gasteiger partial charge in [-0.15, -0.1) is 0 Å². The van der Waals surface area contributed by atoms with Crippen LogP contribution in [0, 0.1) is 11.8 Å². The van der Waals surface area contributed by atoms with E-state index in [9.17, 15) is 0 Å². The van der Waals surface area contributed by atoms with Gasteiger partial charge in [-0.25, -0.2) is 0 Å². The van der Waals surface area contributed by atoms with E-state index in [2.05, 4.69) is 21.9 Å². The lowest BCUT2D eigenvalue weighted by Crippen LogP contribution is -2.59. The van der Waals surface area contributed by atoms with Crippen molar-refractivity contribution in [1.29, 1.82) is 0 Å². The fraction of sp³-hybridized carbons (Fsp3) is 0.714. The van der Waals surface area contributed by atoms with Crippen LogP contribution in [0.25, 0.3) is 0 Å². The number of methoxy groups -OCH3 is 2. The Bertz CT molecular complexity index is 589. The Morgan fingerprint density at radius 3 is 2.35 bits per heavy atom. The second kappa shape index (κ2) is 8.15. The van der Waals surface area contributed by atoms with E-state index in [-0.39, 0.29) is 0 Å². The van der Waals surface area contributed by atoms with Crippen molar-refractivity contribution in [2.24, 2.45) is 11.8 Å². The molecule has 144 valence electrons. The van der Waals surface area contributed by atoms with Crippen molar-refractivity contribution in [3.8, 4) is 11.5 Å². The molecule has 26 heavy (non-hydrogen) atoms. The van der Waals surface area contributed by atoms with E-state index in [1.165, 1.54) is 37.9 Å². The maximum absolute atomic E-state index is 5.58. The van der Waals surface area contributed by atoms with Crippen molar-refractivity contribution in [2.75, 3.05) is 53.6 Å². The number of rotatable bonds is 5. The Labute approximate surface area is 157 Å². The summed E-state index contributed by atoms with van der Waals surface area (Å²) in [4.78, 5) is 5.39. The van der Waals surface area contributed by atoms with Crippen molar-refractivity contribution in [2.45, 2.75) is 31.8 Å². The molecule has 1 aliphatic carbocycles. The van der Waals surface area contributed by atoms with Gasteiger partial charge in [0.15, 0.2) is 11.5 Å². The average Bonchev–Trinajstić information content (AvgIpc) is 2.68. The molecule has 1 aromatic carbocycles. The van der Waals surface area contributed by atoms with Gasteiger partial charge in [-0.3, -0.25) is 9.80 Å². The Hall–Kier alpha value is -1.30. The fourth-order valence-electron chi connectivity index (χ4n) is 5.34. The molecule has 3 fully saturated rings. The molecule has 0 spiro atoms. The minimum atomic E-state index is 0.773. The number of morpholine rings is 1. The maximum atomic E-state index is 5.58. The number of benzene rings is 1. The summed E-state index contributed by atoms with van der Waals surface area (Å²) in [5.41, 5.74) is 1.31. The van der Waals surface area contributed by atoms with E-state index in [0.717, 1.165) is 62.2 Å². The molecule has 2 heterocycles. The lowest BCUT2D eigenvalue weighted by atomic mass is 9.72. The van der Waals surface area contributed by atoms with Gasteiger partial charge >= 0.3 is 0 Å². The smallest absolute Gasteiger partial charge is 0.161 e. The minimum Gasteiger partial charge on any atom is -0.493 e. The van der Waals surface area contributed by atoms with Crippen LogP contribution < -0.4 is 9.47 Å². The van der Waals surface area contributed by atoms with Crippen LogP contribution in [0.2, 0.25) is 0 Å². The third kappa shape index (κ3) is 3.71. The van der Waals surface area contributed by atoms with Gasteiger partial charge in [-0.05, 0) is 42.4 Å². The van der Waals surface area contributed by atoms with E-state index in [1.54, 1.807) is 14.2 Å².